The summed E-state index contributed by atoms with van der Waals surface area (Å²) in [4.78, 5) is 23.3. The Morgan fingerprint density at radius 1 is 1.08 bits per heavy atom. The SMILES string of the molecule is CCOC(=O)/C=C/c1ccc(NC(=O)N[C@@H](C)c2ccccc2)cc1. The molecule has 1 atom stereocenters. The van der Waals surface area contributed by atoms with Crippen molar-refractivity contribution in [2.24, 2.45) is 0 Å². The van der Waals surface area contributed by atoms with E-state index in [1.165, 1.54) is 6.08 Å². The molecule has 0 unspecified atom stereocenters. The van der Waals surface area contributed by atoms with Crippen LogP contribution in [0, 0.1) is 0 Å². The Bertz CT molecular complexity index is 724. The highest BCUT2D eigenvalue weighted by molar-refractivity contribution is 5.90. The molecule has 0 bridgehead atoms. The lowest BCUT2D eigenvalue weighted by Crippen LogP contribution is -2.31. The lowest BCUT2D eigenvalue weighted by molar-refractivity contribution is -0.137. The molecule has 0 aliphatic heterocycles. The molecule has 0 aliphatic carbocycles. The first-order valence-corrected chi connectivity index (χ1v) is 8.16. The molecule has 0 aromatic heterocycles. The van der Waals surface area contributed by atoms with E-state index in [1.54, 1.807) is 25.1 Å². The van der Waals surface area contributed by atoms with E-state index in [4.69, 9.17) is 4.74 Å². The van der Waals surface area contributed by atoms with Gasteiger partial charge in [0.05, 0.1) is 12.6 Å². The van der Waals surface area contributed by atoms with Crippen molar-refractivity contribution in [3.63, 3.8) is 0 Å². The number of carbonyl (C=O) groups is 2. The van der Waals surface area contributed by atoms with Gasteiger partial charge in [0.2, 0.25) is 0 Å². The molecule has 0 fully saturated rings. The summed E-state index contributed by atoms with van der Waals surface area (Å²) < 4.78 is 4.82. The first-order chi connectivity index (χ1) is 12.1. The average Bonchev–Trinajstić information content (AvgIpc) is 2.62. The van der Waals surface area contributed by atoms with Gasteiger partial charge < -0.3 is 15.4 Å². The minimum absolute atomic E-state index is 0.0898. The molecule has 0 saturated carbocycles. The van der Waals surface area contributed by atoms with Gasteiger partial charge in [-0.25, -0.2) is 9.59 Å². The quantitative estimate of drug-likeness (QED) is 0.614. The maximum Gasteiger partial charge on any atom is 0.330 e. The third kappa shape index (κ3) is 6.14. The fraction of sp³-hybridized carbons (Fsp3) is 0.200. The van der Waals surface area contributed by atoms with E-state index < -0.39 is 0 Å². The minimum Gasteiger partial charge on any atom is -0.463 e. The number of ether oxygens (including phenoxy) is 1. The van der Waals surface area contributed by atoms with Crippen molar-refractivity contribution in [1.82, 2.24) is 5.32 Å². The Labute approximate surface area is 147 Å². The summed E-state index contributed by atoms with van der Waals surface area (Å²) in [6.45, 7) is 4.04. The largest absolute Gasteiger partial charge is 0.463 e. The summed E-state index contributed by atoms with van der Waals surface area (Å²) in [6, 6.07) is 16.6. The Balaban J connectivity index is 1.88. The van der Waals surface area contributed by atoms with Crippen molar-refractivity contribution in [3.8, 4) is 0 Å². The van der Waals surface area contributed by atoms with Crippen molar-refractivity contribution in [2.75, 3.05) is 11.9 Å². The van der Waals surface area contributed by atoms with E-state index >= 15 is 0 Å². The number of rotatable bonds is 6. The summed E-state index contributed by atoms with van der Waals surface area (Å²) in [6.07, 6.45) is 3.04. The molecular formula is C20H22N2O3. The van der Waals surface area contributed by atoms with E-state index in [0.29, 0.717) is 12.3 Å². The van der Waals surface area contributed by atoms with Crippen LogP contribution >= 0.6 is 0 Å². The number of amides is 2. The maximum absolute atomic E-state index is 12.1. The van der Waals surface area contributed by atoms with Crippen LogP contribution in [0.3, 0.4) is 0 Å². The van der Waals surface area contributed by atoms with Crippen LogP contribution in [0.25, 0.3) is 6.08 Å². The van der Waals surface area contributed by atoms with Crippen LogP contribution in [0.2, 0.25) is 0 Å². The summed E-state index contributed by atoms with van der Waals surface area (Å²) in [7, 11) is 0. The predicted molar refractivity (Wildman–Crippen MR) is 99.1 cm³/mol. The van der Waals surface area contributed by atoms with Crippen LogP contribution in [0.5, 0.6) is 0 Å². The fourth-order valence-electron chi connectivity index (χ4n) is 2.22. The minimum atomic E-state index is -0.376. The van der Waals surface area contributed by atoms with Gasteiger partial charge in [0.25, 0.3) is 0 Å². The number of esters is 1. The summed E-state index contributed by atoms with van der Waals surface area (Å²) in [5.41, 5.74) is 2.56. The average molecular weight is 338 g/mol. The van der Waals surface area contributed by atoms with Crippen LogP contribution in [-0.2, 0) is 9.53 Å². The highest BCUT2D eigenvalue weighted by atomic mass is 16.5. The third-order valence-corrected chi connectivity index (χ3v) is 3.51. The maximum atomic E-state index is 12.1. The molecule has 0 radical (unpaired) electrons. The molecule has 2 aromatic rings. The molecule has 0 aliphatic rings. The Morgan fingerprint density at radius 2 is 1.76 bits per heavy atom. The Hall–Kier alpha value is -3.08. The lowest BCUT2D eigenvalue weighted by Gasteiger charge is -2.15. The van der Waals surface area contributed by atoms with Gasteiger partial charge in [-0.15, -0.1) is 0 Å². The molecule has 0 heterocycles. The van der Waals surface area contributed by atoms with Gasteiger partial charge in [-0.3, -0.25) is 0 Å². The summed E-state index contributed by atoms with van der Waals surface area (Å²) >= 11 is 0. The number of urea groups is 1. The van der Waals surface area contributed by atoms with Gasteiger partial charge in [0.1, 0.15) is 0 Å². The van der Waals surface area contributed by atoms with Gasteiger partial charge in [0, 0.05) is 11.8 Å². The van der Waals surface area contributed by atoms with Crippen LogP contribution in [-0.4, -0.2) is 18.6 Å². The van der Waals surface area contributed by atoms with Crippen LogP contribution in [0.15, 0.2) is 60.7 Å². The zero-order chi connectivity index (χ0) is 18.1. The third-order valence-electron chi connectivity index (χ3n) is 3.51. The molecule has 2 N–H and O–H groups in total. The van der Waals surface area contributed by atoms with Crippen LogP contribution in [0.4, 0.5) is 10.5 Å². The number of hydrogen-bond donors (Lipinski definition) is 2. The molecule has 25 heavy (non-hydrogen) atoms. The fourth-order valence-corrected chi connectivity index (χ4v) is 2.22. The molecular weight excluding hydrogens is 316 g/mol. The normalized spacial score (nSPS) is 11.8. The second-order valence-corrected chi connectivity index (χ2v) is 5.44. The van der Waals surface area contributed by atoms with E-state index in [1.807, 2.05) is 49.4 Å². The van der Waals surface area contributed by atoms with E-state index in [0.717, 1.165) is 11.1 Å². The molecule has 2 amide bonds. The number of anilines is 1. The monoisotopic (exact) mass is 338 g/mol. The first-order valence-electron chi connectivity index (χ1n) is 8.16. The van der Waals surface area contributed by atoms with Crippen molar-refractivity contribution in [2.45, 2.75) is 19.9 Å². The molecule has 130 valence electrons. The number of carbonyl (C=O) groups excluding carboxylic acids is 2. The summed E-state index contributed by atoms with van der Waals surface area (Å²) in [5.74, 6) is -0.376. The highest BCUT2D eigenvalue weighted by Gasteiger charge is 2.08. The Morgan fingerprint density at radius 3 is 2.40 bits per heavy atom. The number of nitrogens with one attached hydrogen (secondary N) is 2. The Kier molecular flexibility index (Phi) is 6.77. The van der Waals surface area contributed by atoms with Crippen molar-refractivity contribution in [3.05, 3.63) is 71.8 Å². The van der Waals surface area contributed by atoms with Crippen LogP contribution in [0.1, 0.15) is 31.0 Å². The highest BCUT2D eigenvalue weighted by Crippen LogP contribution is 2.13. The van der Waals surface area contributed by atoms with Gasteiger partial charge in [-0.2, -0.15) is 0 Å². The lowest BCUT2D eigenvalue weighted by atomic mass is 10.1. The van der Waals surface area contributed by atoms with Crippen molar-refractivity contribution >= 4 is 23.8 Å². The zero-order valence-electron chi connectivity index (χ0n) is 14.4. The van der Waals surface area contributed by atoms with Gasteiger partial charge in [-0.1, -0.05) is 42.5 Å². The number of hydrogen-bond acceptors (Lipinski definition) is 3. The molecule has 0 spiro atoms. The second-order valence-electron chi connectivity index (χ2n) is 5.44. The topological polar surface area (TPSA) is 67.4 Å². The second kappa shape index (κ2) is 9.27. The molecule has 5 heteroatoms. The standard InChI is InChI=1S/C20H22N2O3/c1-3-25-19(23)14-11-16-9-12-18(13-10-16)22-20(24)21-15(2)17-7-5-4-6-8-17/h4-15H,3H2,1-2H3,(H2,21,22,24)/b14-11+/t15-/m0/s1. The summed E-state index contributed by atoms with van der Waals surface area (Å²) in [5, 5.41) is 5.68. The van der Waals surface area contributed by atoms with Crippen molar-refractivity contribution in [1.29, 1.82) is 0 Å². The molecule has 0 saturated heterocycles. The molecule has 5 nitrogen and oxygen atoms in total. The molecule has 2 rings (SSSR count). The first kappa shape index (κ1) is 18.3. The smallest absolute Gasteiger partial charge is 0.330 e. The van der Waals surface area contributed by atoms with Gasteiger partial charge in [0.15, 0.2) is 0 Å². The van der Waals surface area contributed by atoms with Crippen molar-refractivity contribution < 1.29 is 14.3 Å². The van der Waals surface area contributed by atoms with Gasteiger partial charge >= 0.3 is 12.0 Å². The van der Waals surface area contributed by atoms with E-state index in [9.17, 15) is 9.59 Å². The molecule has 2 aromatic carbocycles. The van der Waals surface area contributed by atoms with Crippen LogP contribution < -0.4 is 10.6 Å². The number of benzene rings is 2. The van der Waals surface area contributed by atoms with Gasteiger partial charge in [-0.05, 0) is 43.2 Å². The predicted octanol–water partition coefficient (Wildman–Crippen LogP) is 4.15. The van der Waals surface area contributed by atoms with E-state index in [2.05, 4.69) is 10.6 Å². The zero-order valence-corrected chi connectivity index (χ0v) is 14.4. The van der Waals surface area contributed by atoms with E-state index in [-0.39, 0.29) is 18.0 Å².